The Balaban J connectivity index is 1.73. The van der Waals surface area contributed by atoms with Crippen molar-refractivity contribution >= 4 is 11.8 Å². The van der Waals surface area contributed by atoms with Crippen molar-refractivity contribution in [2.24, 2.45) is 5.92 Å². The second-order valence-electron chi connectivity index (χ2n) is 6.31. The Hall–Kier alpha value is -2.08. The first-order chi connectivity index (χ1) is 11.0. The molecule has 0 saturated heterocycles. The topological polar surface area (TPSA) is 87.7 Å². The molecule has 6 nitrogen and oxygen atoms in total. The summed E-state index contributed by atoms with van der Waals surface area (Å²) in [5.74, 6) is 0.672. The molecule has 1 aromatic rings. The van der Waals surface area contributed by atoms with Gasteiger partial charge in [-0.2, -0.15) is 0 Å². The molecule has 3 rings (SSSR count). The van der Waals surface area contributed by atoms with Gasteiger partial charge in [-0.3, -0.25) is 9.59 Å². The number of carbonyl (C=O) groups is 2. The summed E-state index contributed by atoms with van der Waals surface area (Å²) in [6.07, 6.45) is 1.95. The fourth-order valence-electron chi connectivity index (χ4n) is 3.20. The second-order valence-corrected chi connectivity index (χ2v) is 6.31. The van der Waals surface area contributed by atoms with Gasteiger partial charge in [0, 0.05) is 13.3 Å². The standard InChI is InChI=1S/C17H22N2O4/c1-10(20)18-9-16(22)19-17(13-7-14(21)8-13)12-2-3-15-11(6-12)4-5-23-15/h2-3,6,13-14,17,21H,4-5,7-9H2,1H3,(H,18,20)(H,19,22). The minimum Gasteiger partial charge on any atom is -0.493 e. The number of fused-ring (bicyclic) bond motifs is 1. The van der Waals surface area contributed by atoms with Gasteiger partial charge in [0.2, 0.25) is 11.8 Å². The van der Waals surface area contributed by atoms with Crippen molar-refractivity contribution in [1.82, 2.24) is 10.6 Å². The number of benzene rings is 1. The van der Waals surface area contributed by atoms with Crippen molar-refractivity contribution in [3.8, 4) is 5.75 Å². The molecule has 0 bridgehead atoms. The summed E-state index contributed by atoms with van der Waals surface area (Å²) in [5.41, 5.74) is 2.19. The highest BCUT2D eigenvalue weighted by Gasteiger charge is 2.36. The minimum absolute atomic E-state index is 0.0326. The lowest BCUT2D eigenvalue weighted by Crippen LogP contribution is -2.44. The number of amides is 2. The fourth-order valence-corrected chi connectivity index (χ4v) is 3.20. The summed E-state index contributed by atoms with van der Waals surface area (Å²) in [7, 11) is 0. The predicted molar refractivity (Wildman–Crippen MR) is 83.9 cm³/mol. The third kappa shape index (κ3) is 3.64. The highest BCUT2D eigenvalue weighted by molar-refractivity contribution is 5.83. The smallest absolute Gasteiger partial charge is 0.239 e. The van der Waals surface area contributed by atoms with E-state index in [9.17, 15) is 14.7 Å². The van der Waals surface area contributed by atoms with Crippen LogP contribution in [0, 0.1) is 5.92 Å². The van der Waals surface area contributed by atoms with Crippen molar-refractivity contribution < 1.29 is 19.4 Å². The molecule has 1 heterocycles. The monoisotopic (exact) mass is 318 g/mol. The summed E-state index contributed by atoms with van der Waals surface area (Å²) in [4.78, 5) is 23.0. The lowest BCUT2D eigenvalue weighted by Gasteiger charge is -2.38. The highest BCUT2D eigenvalue weighted by Crippen LogP contribution is 2.39. The molecule has 1 aromatic carbocycles. The van der Waals surface area contributed by atoms with Gasteiger partial charge in [0.15, 0.2) is 0 Å². The molecule has 1 fully saturated rings. The number of aliphatic hydroxyl groups is 1. The summed E-state index contributed by atoms with van der Waals surface area (Å²) in [6.45, 7) is 2.04. The van der Waals surface area contributed by atoms with Crippen LogP contribution in [0.15, 0.2) is 18.2 Å². The van der Waals surface area contributed by atoms with Gasteiger partial charge in [0.25, 0.3) is 0 Å². The van der Waals surface area contributed by atoms with Gasteiger partial charge < -0.3 is 20.5 Å². The average Bonchev–Trinajstić information content (AvgIpc) is 2.95. The average molecular weight is 318 g/mol. The lowest BCUT2D eigenvalue weighted by molar-refractivity contribution is -0.126. The van der Waals surface area contributed by atoms with Crippen LogP contribution in [0.1, 0.15) is 36.9 Å². The van der Waals surface area contributed by atoms with Gasteiger partial charge in [-0.05, 0) is 42.0 Å². The molecule has 1 unspecified atom stereocenters. The lowest BCUT2D eigenvalue weighted by atomic mass is 9.75. The maximum Gasteiger partial charge on any atom is 0.239 e. The van der Waals surface area contributed by atoms with E-state index < -0.39 is 0 Å². The Bertz CT molecular complexity index is 611. The molecule has 3 N–H and O–H groups in total. The van der Waals surface area contributed by atoms with Crippen molar-refractivity contribution in [1.29, 1.82) is 0 Å². The number of ether oxygens (including phenoxy) is 1. The molecular weight excluding hydrogens is 296 g/mol. The van der Waals surface area contributed by atoms with E-state index in [-0.39, 0.29) is 36.4 Å². The van der Waals surface area contributed by atoms with Crippen LogP contribution in [0.2, 0.25) is 0 Å². The molecule has 1 aliphatic heterocycles. The summed E-state index contributed by atoms with van der Waals surface area (Å²) < 4.78 is 5.52. The summed E-state index contributed by atoms with van der Waals surface area (Å²) in [5, 5.41) is 15.1. The molecular formula is C17H22N2O4. The predicted octanol–water partition coefficient (Wildman–Crippen LogP) is 0.686. The highest BCUT2D eigenvalue weighted by atomic mass is 16.5. The van der Waals surface area contributed by atoms with E-state index in [2.05, 4.69) is 16.7 Å². The van der Waals surface area contributed by atoms with Crippen LogP contribution >= 0.6 is 0 Å². The quantitative estimate of drug-likeness (QED) is 0.745. The first kappa shape index (κ1) is 15.8. The molecule has 0 aromatic heterocycles. The number of nitrogens with one attached hydrogen (secondary N) is 2. The first-order valence-corrected chi connectivity index (χ1v) is 8.00. The van der Waals surface area contributed by atoms with Crippen molar-refractivity contribution in [2.75, 3.05) is 13.2 Å². The Morgan fingerprint density at radius 1 is 1.39 bits per heavy atom. The van der Waals surface area contributed by atoms with E-state index in [4.69, 9.17) is 4.74 Å². The zero-order valence-corrected chi connectivity index (χ0v) is 13.2. The van der Waals surface area contributed by atoms with Crippen LogP contribution < -0.4 is 15.4 Å². The van der Waals surface area contributed by atoms with Crippen LogP contribution in [0.3, 0.4) is 0 Å². The molecule has 0 spiro atoms. The van der Waals surface area contributed by atoms with Crippen LogP contribution in [0.25, 0.3) is 0 Å². The van der Waals surface area contributed by atoms with E-state index in [1.54, 1.807) is 0 Å². The third-order valence-corrected chi connectivity index (χ3v) is 4.51. The fraction of sp³-hybridized carbons (Fsp3) is 0.529. The molecule has 2 amide bonds. The zero-order chi connectivity index (χ0) is 16.4. The van der Waals surface area contributed by atoms with Crippen molar-refractivity contribution in [3.63, 3.8) is 0 Å². The number of carbonyl (C=O) groups excluding carboxylic acids is 2. The molecule has 2 aliphatic rings. The van der Waals surface area contributed by atoms with E-state index >= 15 is 0 Å². The molecule has 1 atom stereocenters. The Morgan fingerprint density at radius 2 is 2.17 bits per heavy atom. The Morgan fingerprint density at radius 3 is 2.87 bits per heavy atom. The second kappa shape index (κ2) is 6.58. The summed E-state index contributed by atoms with van der Waals surface area (Å²) in [6, 6.07) is 5.85. The van der Waals surface area contributed by atoms with Gasteiger partial charge >= 0.3 is 0 Å². The molecule has 6 heteroatoms. The van der Waals surface area contributed by atoms with Gasteiger partial charge in [-0.25, -0.2) is 0 Å². The molecule has 1 saturated carbocycles. The van der Waals surface area contributed by atoms with Gasteiger partial charge in [-0.1, -0.05) is 6.07 Å². The van der Waals surface area contributed by atoms with Crippen LogP contribution in [-0.2, 0) is 16.0 Å². The maximum absolute atomic E-state index is 12.1. The molecule has 0 radical (unpaired) electrons. The molecule has 23 heavy (non-hydrogen) atoms. The first-order valence-electron chi connectivity index (χ1n) is 8.00. The molecule has 124 valence electrons. The third-order valence-electron chi connectivity index (χ3n) is 4.51. The largest absolute Gasteiger partial charge is 0.493 e. The van der Waals surface area contributed by atoms with E-state index in [1.165, 1.54) is 6.92 Å². The van der Waals surface area contributed by atoms with Crippen LogP contribution in [0.4, 0.5) is 0 Å². The van der Waals surface area contributed by atoms with Crippen molar-refractivity contribution in [2.45, 2.75) is 38.3 Å². The zero-order valence-electron chi connectivity index (χ0n) is 13.2. The van der Waals surface area contributed by atoms with Gasteiger partial charge in [-0.15, -0.1) is 0 Å². The Kier molecular flexibility index (Phi) is 4.52. The molecule has 1 aliphatic carbocycles. The van der Waals surface area contributed by atoms with Gasteiger partial charge in [0.05, 0.1) is 25.3 Å². The summed E-state index contributed by atoms with van der Waals surface area (Å²) >= 11 is 0. The normalized spacial score (nSPS) is 23.2. The maximum atomic E-state index is 12.1. The number of hydrogen-bond donors (Lipinski definition) is 3. The SMILES string of the molecule is CC(=O)NCC(=O)NC(c1ccc2c(c1)CCO2)C1CC(O)C1. The van der Waals surface area contributed by atoms with Crippen molar-refractivity contribution in [3.05, 3.63) is 29.3 Å². The van der Waals surface area contributed by atoms with E-state index in [0.717, 1.165) is 23.3 Å². The minimum atomic E-state index is -0.285. The van der Waals surface area contributed by atoms with E-state index in [0.29, 0.717) is 19.4 Å². The van der Waals surface area contributed by atoms with E-state index in [1.807, 2.05) is 12.1 Å². The van der Waals surface area contributed by atoms with Crippen LogP contribution in [0.5, 0.6) is 5.75 Å². The van der Waals surface area contributed by atoms with Crippen LogP contribution in [-0.4, -0.2) is 36.2 Å². The number of aliphatic hydroxyl groups excluding tert-OH is 1. The number of hydrogen-bond acceptors (Lipinski definition) is 4. The van der Waals surface area contributed by atoms with Gasteiger partial charge in [0.1, 0.15) is 5.75 Å². The number of rotatable bonds is 5. The Labute approximate surface area is 135 Å².